The van der Waals surface area contributed by atoms with Crippen LogP contribution in [0, 0.1) is 0 Å². The third-order valence-electron chi connectivity index (χ3n) is 5.60. The van der Waals surface area contributed by atoms with Gasteiger partial charge in [-0.25, -0.2) is 13.1 Å². The topological polar surface area (TPSA) is 105 Å². The lowest BCUT2D eigenvalue weighted by Crippen LogP contribution is -2.55. The van der Waals surface area contributed by atoms with Gasteiger partial charge >= 0.3 is 0 Å². The summed E-state index contributed by atoms with van der Waals surface area (Å²) in [6.45, 7) is 4.43. The first kappa shape index (κ1) is 24.9. The Morgan fingerprint density at radius 2 is 1.94 bits per heavy atom. The minimum atomic E-state index is -3.69. The number of aryl methyl sites for hydroxylation is 1. The Hall–Kier alpha value is -1.72. The SMILES string of the molecule is CCOC[C@@H](C(=O)N1CCOCC1)N1CC[C@H](NS(=O)(=O)CCc2ccc(Cl)cc2)C1=O. The third-order valence-corrected chi connectivity index (χ3v) is 7.24. The number of morpholine rings is 1. The van der Waals surface area contributed by atoms with E-state index in [2.05, 4.69) is 4.72 Å². The predicted octanol–water partition coefficient (Wildman–Crippen LogP) is 0.667. The standard InChI is InChI=1S/C21H30ClN3O6S/c1-2-30-15-19(21(27)24-10-12-31-13-11-24)25-9-7-18(20(25)26)23-32(28,29)14-8-16-3-5-17(22)6-4-16/h3-6,18-19,23H,2,7-15H2,1H3/t18-,19-/m0/s1. The summed E-state index contributed by atoms with van der Waals surface area (Å²) in [5, 5.41) is 0.583. The molecule has 2 fully saturated rings. The maximum absolute atomic E-state index is 13.1. The zero-order valence-corrected chi connectivity index (χ0v) is 19.7. The highest BCUT2D eigenvalue weighted by Crippen LogP contribution is 2.19. The van der Waals surface area contributed by atoms with E-state index in [-0.39, 0.29) is 24.8 Å². The number of sulfonamides is 1. The van der Waals surface area contributed by atoms with Crippen molar-refractivity contribution >= 4 is 33.4 Å². The number of carbonyl (C=O) groups excluding carboxylic acids is 2. The summed E-state index contributed by atoms with van der Waals surface area (Å²) in [6.07, 6.45) is 0.609. The summed E-state index contributed by atoms with van der Waals surface area (Å²) in [5.41, 5.74) is 0.840. The zero-order valence-electron chi connectivity index (χ0n) is 18.2. The summed E-state index contributed by atoms with van der Waals surface area (Å²) in [5.74, 6) is -0.735. The van der Waals surface area contributed by atoms with Gasteiger partial charge < -0.3 is 19.3 Å². The largest absolute Gasteiger partial charge is 0.379 e. The molecule has 0 saturated carbocycles. The molecule has 2 saturated heterocycles. The number of hydrogen-bond donors (Lipinski definition) is 1. The summed E-state index contributed by atoms with van der Waals surface area (Å²) >= 11 is 5.86. The van der Waals surface area contributed by atoms with Crippen LogP contribution in [0.1, 0.15) is 18.9 Å². The number of benzene rings is 1. The molecule has 11 heteroatoms. The Bertz CT molecular complexity index is 889. The highest BCUT2D eigenvalue weighted by Gasteiger charge is 2.41. The van der Waals surface area contributed by atoms with Crippen LogP contribution in [0.15, 0.2) is 24.3 Å². The van der Waals surface area contributed by atoms with Crippen LogP contribution in [0.4, 0.5) is 0 Å². The fourth-order valence-corrected chi connectivity index (χ4v) is 5.22. The fourth-order valence-electron chi connectivity index (χ4n) is 3.82. The van der Waals surface area contributed by atoms with Crippen LogP contribution < -0.4 is 4.72 Å². The summed E-state index contributed by atoms with van der Waals surface area (Å²) in [4.78, 5) is 29.2. The lowest BCUT2D eigenvalue weighted by molar-refractivity contribution is -0.149. The van der Waals surface area contributed by atoms with Gasteiger partial charge in [0.2, 0.25) is 21.8 Å². The minimum Gasteiger partial charge on any atom is -0.379 e. The van der Waals surface area contributed by atoms with Crippen molar-refractivity contribution in [1.29, 1.82) is 0 Å². The van der Waals surface area contributed by atoms with Crippen LogP contribution in [0.5, 0.6) is 0 Å². The van der Waals surface area contributed by atoms with Gasteiger partial charge in [0.25, 0.3) is 0 Å². The molecule has 2 heterocycles. The van der Waals surface area contributed by atoms with E-state index in [0.717, 1.165) is 5.56 Å². The Kier molecular flexibility index (Phi) is 8.89. The van der Waals surface area contributed by atoms with Crippen molar-refractivity contribution in [3.63, 3.8) is 0 Å². The maximum atomic E-state index is 13.1. The lowest BCUT2D eigenvalue weighted by Gasteiger charge is -2.34. The molecule has 2 amide bonds. The minimum absolute atomic E-state index is 0.0778. The normalized spacial score (nSPS) is 20.6. The second kappa shape index (κ2) is 11.4. The summed E-state index contributed by atoms with van der Waals surface area (Å²) < 4.78 is 38.5. The number of halogens is 1. The second-order valence-electron chi connectivity index (χ2n) is 7.80. The quantitative estimate of drug-likeness (QED) is 0.520. The molecule has 1 aromatic carbocycles. The number of nitrogens with one attached hydrogen (secondary N) is 1. The van der Waals surface area contributed by atoms with Crippen LogP contribution in [0.3, 0.4) is 0 Å². The molecule has 2 atom stereocenters. The van der Waals surface area contributed by atoms with Gasteiger partial charge in [-0.2, -0.15) is 0 Å². The van der Waals surface area contributed by atoms with E-state index in [0.29, 0.717) is 50.8 Å². The van der Waals surface area contributed by atoms with E-state index < -0.39 is 28.0 Å². The molecule has 0 aliphatic carbocycles. The molecule has 178 valence electrons. The summed E-state index contributed by atoms with van der Waals surface area (Å²) in [6, 6.07) is 5.31. The lowest BCUT2D eigenvalue weighted by atomic mass is 10.2. The number of carbonyl (C=O) groups is 2. The van der Waals surface area contributed by atoms with Crippen molar-refractivity contribution in [2.75, 3.05) is 51.8 Å². The molecule has 0 radical (unpaired) electrons. The number of likely N-dealkylation sites (tertiary alicyclic amines) is 1. The van der Waals surface area contributed by atoms with Crippen LogP contribution in [-0.4, -0.2) is 93.9 Å². The Morgan fingerprint density at radius 3 is 2.59 bits per heavy atom. The third kappa shape index (κ3) is 6.64. The Labute approximate surface area is 194 Å². The Balaban J connectivity index is 1.61. The number of nitrogens with zero attached hydrogens (tertiary/aromatic N) is 2. The number of hydrogen-bond acceptors (Lipinski definition) is 6. The van der Waals surface area contributed by atoms with E-state index in [9.17, 15) is 18.0 Å². The second-order valence-corrected chi connectivity index (χ2v) is 10.1. The zero-order chi connectivity index (χ0) is 23.1. The van der Waals surface area contributed by atoms with Crippen molar-refractivity contribution < 1.29 is 27.5 Å². The van der Waals surface area contributed by atoms with Crippen molar-refractivity contribution in [2.45, 2.75) is 31.8 Å². The van der Waals surface area contributed by atoms with Gasteiger partial charge in [0.1, 0.15) is 12.1 Å². The smallest absolute Gasteiger partial charge is 0.247 e. The highest BCUT2D eigenvalue weighted by molar-refractivity contribution is 7.89. The van der Waals surface area contributed by atoms with Gasteiger partial charge in [0.15, 0.2) is 0 Å². The first-order chi connectivity index (χ1) is 15.3. The van der Waals surface area contributed by atoms with Gasteiger partial charge in [-0.15, -0.1) is 0 Å². The molecule has 0 spiro atoms. The molecule has 9 nitrogen and oxygen atoms in total. The average molecular weight is 488 g/mol. The van der Waals surface area contributed by atoms with Crippen LogP contribution >= 0.6 is 11.6 Å². The van der Waals surface area contributed by atoms with E-state index >= 15 is 0 Å². The van der Waals surface area contributed by atoms with Crippen molar-refractivity contribution in [1.82, 2.24) is 14.5 Å². The van der Waals surface area contributed by atoms with Crippen LogP contribution in [0.2, 0.25) is 5.02 Å². The molecule has 3 rings (SSSR count). The van der Waals surface area contributed by atoms with Gasteiger partial charge in [-0.3, -0.25) is 9.59 Å². The molecule has 2 aliphatic rings. The van der Waals surface area contributed by atoms with Crippen LogP contribution in [-0.2, 0) is 35.5 Å². The predicted molar refractivity (Wildman–Crippen MR) is 120 cm³/mol. The molecule has 1 N–H and O–H groups in total. The number of rotatable bonds is 10. The summed E-state index contributed by atoms with van der Waals surface area (Å²) in [7, 11) is -3.69. The van der Waals surface area contributed by atoms with Gasteiger partial charge in [0.05, 0.1) is 25.6 Å². The molecule has 0 bridgehead atoms. The molecule has 1 aromatic rings. The molecule has 0 unspecified atom stereocenters. The van der Waals surface area contributed by atoms with E-state index in [4.69, 9.17) is 21.1 Å². The molecular weight excluding hydrogens is 458 g/mol. The monoisotopic (exact) mass is 487 g/mol. The molecule has 0 aromatic heterocycles. The van der Waals surface area contributed by atoms with Gasteiger partial charge in [0, 0.05) is 31.3 Å². The molecule has 32 heavy (non-hydrogen) atoms. The molecule has 2 aliphatic heterocycles. The maximum Gasteiger partial charge on any atom is 0.247 e. The first-order valence-electron chi connectivity index (χ1n) is 10.8. The fraction of sp³-hybridized carbons (Fsp3) is 0.619. The van der Waals surface area contributed by atoms with Crippen molar-refractivity contribution in [3.8, 4) is 0 Å². The first-order valence-corrected chi connectivity index (χ1v) is 12.8. The Morgan fingerprint density at radius 1 is 1.25 bits per heavy atom. The van der Waals surface area contributed by atoms with Gasteiger partial charge in [-0.1, -0.05) is 23.7 Å². The van der Waals surface area contributed by atoms with Crippen LogP contribution in [0.25, 0.3) is 0 Å². The number of amides is 2. The highest BCUT2D eigenvalue weighted by atomic mass is 35.5. The van der Waals surface area contributed by atoms with E-state index in [1.807, 2.05) is 6.92 Å². The van der Waals surface area contributed by atoms with E-state index in [1.54, 1.807) is 29.2 Å². The van der Waals surface area contributed by atoms with Gasteiger partial charge in [-0.05, 0) is 37.5 Å². The average Bonchev–Trinajstić information content (AvgIpc) is 3.13. The van der Waals surface area contributed by atoms with Crippen molar-refractivity contribution in [2.24, 2.45) is 0 Å². The number of ether oxygens (including phenoxy) is 2. The molecular formula is C21H30ClN3O6S. The van der Waals surface area contributed by atoms with E-state index in [1.165, 1.54) is 4.90 Å². The van der Waals surface area contributed by atoms with Crippen molar-refractivity contribution in [3.05, 3.63) is 34.9 Å².